The largest absolute Gasteiger partial charge is 0.0726 e. The molecule has 1 aromatic carbocycles. The van der Waals surface area contributed by atoms with Gasteiger partial charge in [0.05, 0.1) is 0 Å². The standard InChI is InChI=1S/C19H26/c1-5-6-7-15-8-10-16(11-9-15)17-12-13-18(14-17)19(2,3)4/h8-12,14H,5-7,13H2,1-4H3. The van der Waals surface area contributed by atoms with Crippen LogP contribution in [0.25, 0.3) is 5.57 Å². The van der Waals surface area contributed by atoms with Crippen LogP contribution in [-0.4, -0.2) is 0 Å². The Morgan fingerprint density at radius 1 is 1.05 bits per heavy atom. The maximum absolute atomic E-state index is 2.38. The average Bonchev–Trinajstić information content (AvgIpc) is 2.86. The van der Waals surface area contributed by atoms with Gasteiger partial charge in [-0.25, -0.2) is 0 Å². The molecule has 0 spiro atoms. The fourth-order valence-corrected chi connectivity index (χ4v) is 2.49. The number of allylic oxidation sites excluding steroid dienone is 4. The van der Waals surface area contributed by atoms with Gasteiger partial charge in [0.2, 0.25) is 0 Å². The van der Waals surface area contributed by atoms with Gasteiger partial charge in [0.1, 0.15) is 0 Å². The van der Waals surface area contributed by atoms with Crippen LogP contribution < -0.4 is 0 Å². The van der Waals surface area contributed by atoms with Crippen LogP contribution in [0.3, 0.4) is 0 Å². The highest BCUT2D eigenvalue weighted by molar-refractivity contribution is 5.77. The third-order valence-electron chi connectivity index (χ3n) is 3.94. The summed E-state index contributed by atoms with van der Waals surface area (Å²) in [6, 6.07) is 9.13. The van der Waals surface area contributed by atoms with Crippen LogP contribution in [0.15, 0.2) is 42.0 Å². The molecule has 0 saturated heterocycles. The second kappa shape index (κ2) is 5.77. The second-order valence-electron chi connectivity index (χ2n) is 6.58. The number of aryl methyl sites for hydroxylation is 1. The van der Waals surface area contributed by atoms with Gasteiger partial charge in [-0.3, -0.25) is 0 Å². The van der Waals surface area contributed by atoms with E-state index in [1.807, 2.05) is 0 Å². The summed E-state index contributed by atoms with van der Waals surface area (Å²) in [7, 11) is 0. The summed E-state index contributed by atoms with van der Waals surface area (Å²) in [5, 5.41) is 0. The summed E-state index contributed by atoms with van der Waals surface area (Å²) in [5.41, 5.74) is 6.05. The molecule has 0 amide bonds. The third-order valence-corrected chi connectivity index (χ3v) is 3.94. The van der Waals surface area contributed by atoms with Crippen LogP contribution in [0.2, 0.25) is 0 Å². The smallest absolute Gasteiger partial charge is 0.0121 e. The van der Waals surface area contributed by atoms with E-state index in [0.717, 1.165) is 6.42 Å². The van der Waals surface area contributed by atoms with Gasteiger partial charge in [-0.15, -0.1) is 0 Å². The van der Waals surface area contributed by atoms with E-state index < -0.39 is 0 Å². The molecular weight excluding hydrogens is 228 g/mol. The average molecular weight is 254 g/mol. The zero-order valence-corrected chi connectivity index (χ0v) is 12.8. The van der Waals surface area contributed by atoms with E-state index >= 15 is 0 Å². The molecule has 0 nitrogen and oxygen atoms in total. The highest BCUT2D eigenvalue weighted by Crippen LogP contribution is 2.36. The summed E-state index contributed by atoms with van der Waals surface area (Å²) in [6.07, 6.45) is 9.61. The predicted octanol–water partition coefficient (Wildman–Crippen LogP) is 5.79. The van der Waals surface area contributed by atoms with Gasteiger partial charge in [0.25, 0.3) is 0 Å². The van der Waals surface area contributed by atoms with E-state index in [1.165, 1.54) is 41.5 Å². The zero-order valence-electron chi connectivity index (χ0n) is 12.8. The maximum atomic E-state index is 2.38. The Balaban J connectivity index is 2.10. The molecule has 0 aliphatic heterocycles. The fraction of sp³-hybridized carbons (Fsp3) is 0.474. The van der Waals surface area contributed by atoms with Crippen molar-refractivity contribution in [3.05, 3.63) is 53.1 Å². The van der Waals surface area contributed by atoms with Crippen LogP contribution in [0, 0.1) is 5.41 Å². The summed E-state index contributed by atoms with van der Waals surface area (Å²) in [6.45, 7) is 9.13. The molecule has 0 fully saturated rings. The van der Waals surface area contributed by atoms with Crippen molar-refractivity contribution in [3.8, 4) is 0 Å². The quantitative estimate of drug-likeness (QED) is 0.638. The highest BCUT2D eigenvalue weighted by Gasteiger charge is 2.20. The lowest BCUT2D eigenvalue weighted by atomic mass is 9.86. The summed E-state index contributed by atoms with van der Waals surface area (Å²) in [5.74, 6) is 0. The Kier molecular flexibility index (Phi) is 4.29. The van der Waals surface area contributed by atoms with Crippen molar-refractivity contribution in [2.24, 2.45) is 5.41 Å². The van der Waals surface area contributed by atoms with Crippen LogP contribution in [-0.2, 0) is 6.42 Å². The fourth-order valence-electron chi connectivity index (χ4n) is 2.49. The molecule has 0 atom stereocenters. The van der Waals surface area contributed by atoms with Gasteiger partial charge in [-0.05, 0) is 41.4 Å². The minimum absolute atomic E-state index is 0.291. The molecule has 0 saturated carbocycles. The Morgan fingerprint density at radius 2 is 1.74 bits per heavy atom. The highest BCUT2D eigenvalue weighted by atomic mass is 14.2. The Hall–Kier alpha value is -1.30. The molecule has 1 aliphatic carbocycles. The number of unbranched alkanes of at least 4 members (excludes halogenated alkanes) is 1. The first kappa shape index (κ1) is 14.1. The first-order chi connectivity index (χ1) is 9.00. The summed E-state index contributed by atoms with van der Waals surface area (Å²) >= 11 is 0. The van der Waals surface area contributed by atoms with Crippen molar-refractivity contribution in [1.82, 2.24) is 0 Å². The minimum atomic E-state index is 0.291. The molecule has 19 heavy (non-hydrogen) atoms. The molecule has 0 radical (unpaired) electrons. The van der Waals surface area contributed by atoms with Crippen molar-refractivity contribution < 1.29 is 0 Å². The molecule has 0 bridgehead atoms. The predicted molar refractivity (Wildman–Crippen MR) is 85.2 cm³/mol. The van der Waals surface area contributed by atoms with Crippen molar-refractivity contribution in [3.63, 3.8) is 0 Å². The SMILES string of the molecule is CCCCc1ccc(C2=CCC(C(C)(C)C)=C2)cc1. The summed E-state index contributed by atoms with van der Waals surface area (Å²) in [4.78, 5) is 0. The first-order valence-electron chi connectivity index (χ1n) is 7.51. The lowest BCUT2D eigenvalue weighted by Crippen LogP contribution is -2.07. The number of hydrogen-bond donors (Lipinski definition) is 0. The van der Waals surface area contributed by atoms with Crippen LogP contribution in [0.1, 0.15) is 58.1 Å². The zero-order chi connectivity index (χ0) is 13.9. The normalized spacial score (nSPS) is 15.4. The van der Waals surface area contributed by atoms with Crippen LogP contribution in [0.4, 0.5) is 0 Å². The van der Waals surface area contributed by atoms with E-state index in [1.54, 1.807) is 0 Å². The molecule has 0 heteroatoms. The Bertz CT molecular complexity index is 478. The van der Waals surface area contributed by atoms with Gasteiger partial charge in [0, 0.05) is 0 Å². The van der Waals surface area contributed by atoms with E-state index in [4.69, 9.17) is 0 Å². The van der Waals surface area contributed by atoms with E-state index in [2.05, 4.69) is 64.1 Å². The molecular formula is C19H26. The molecule has 2 rings (SSSR count). The van der Waals surface area contributed by atoms with E-state index in [9.17, 15) is 0 Å². The maximum Gasteiger partial charge on any atom is -0.0121 e. The topological polar surface area (TPSA) is 0 Å². The van der Waals surface area contributed by atoms with E-state index in [0.29, 0.717) is 5.41 Å². The van der Waals surface area contributed by atoms with Gasteiger partial charge in [0.15, 0.2) is 0 Å². The Labute approximate surface area is 118 Å². The van der Waals surface area contributed by atoms with Crippen molar-refractivity contribution >= 4 is 5.57 Å². The van der Waals surface area contributed by atoms with Crippen molar-refractivity contribution in [2.45, 2.75) is 53.4 Å². The van der Waals surface area contributed by atoms with Crippen molar-refractivity contribution in [1.29, 1.82) is 0 Å². The minimum Gasteiger partial charge on any atom is -0.0726 e. The first-order valence-corrected chi connectivity index (χ1v) is 7.51. The lowest BCUT2D eigenvalue weighted by molar-refractivity contribution is 0.496. The molecule has 0 N–H and O–H groups in total. The molecule has 102 valence electrons. The van der Waals surface area contributed by atoms with Gasteiger partial charge < -0.3 is 0 Å². The number of rotatable bonds is 4. The molecule has 0 heterocycles. The van der Waals surface area contributed by atoms with Gasteiger partial charge >= 0.3 is 0 Å². The molecule has 0 unspecified atom stereocenters. The molecule has 1 aliphatic rings. The number of hydrogen-bond acceptors (Lipinski definition) is 0. The number of benzene rings is 1. The van der Waals surface area contributed by atoms with Crippen molar-refractivity contribution in [2.75, 3.05) is 0 Å². The van der Waals surface area contributed by atoms with Gasteiger partial charge in [-0.2, -0.15) is 0 Å². The monoisotopic (exact) mass is 254 g/mol. The lowest BCUT2D eigenvalue weighted by Gasteiger charge is -2.19. The van der Waals surface area contributed by atoms with Gasteiger partial charge in [-0.1, -0.05) is 76.1 Å². The Morgan fingerprint density at radius 3 is 2.26 bits per heavy atom. The second-order valence-corrected chi connectivity index (χ2v) is 6.58. The summed E-state index contributed by atoms with van der Waals surface area (Å²) < 4.78 is 0. The molecule has 0 aromatic heterocycles. The van der Waals surface area contributed by atoms with Crippen LogP contribution >= 0.6 is 0 Å². The van der Waals surface area contributed by atoms with Crippen LogP contribution in [0.5, 0.6) is 0 Å². The third kappa shape index (κ3) is 3.59. The van der Waals surface area contributed by atoms with E-state index in [-0.39, 0.29) is 0 Å². The molecule has 1 aromatic rings.